The Bertz CT molecular complexity index is 912. The lowest BCUT2D eigenvalue weighted by atomic mass is 10.1. The van der Waals surface area contributed by atoms with Crippen molar-refractivity contribution in [1.82, 2.24) is 14.5 Å². The number of nitrogens with zero attached hydrogens (tertiary/aromatic N) is 3. The van der Waals surface area contributed by atoms with E-state index < -0.39 is 0 Å². The van der Waals surface area contributed by atoms with Crippen LogP contribution < -0.4 is 0 Å². The molecule has 4 nitrogen and oxygen atoms in total. The lowest BCUT2D eigenvalue weighted by molar-refractivity contribution is 1.03. The number of aryl methyl sites for hydroxylation is 2. The van der Waals surface area contributed by atoms with E-state index in [0.29, 0.717) is 10.3 Å². The number of H-pyrrole nitrogens is 1. The minimum Gasteiger partial charge on any atom is -0.329 e. The Morgan fingerprint density at radius 2 is 2.05 bits per heavy atom. The van der Waals surface area contributed by atoms with Crippen LogP contribution in [0, 0.1) is 29.9 Å². The number of nitriles is 1. The van der Waals surface area contributed by atoms with Crippen molar-refractivity contribution in [3.8, 4) is 11.8 Å². The highest BCUT2D eigenvalue weighted by Crippen LogP contribution is 2.23. The van der Waals surface area contributed by atoms with Crippen LogP contribution in [0.2, 0.25) is 0 Å². The molecule has 5 heteroatoms. The second-order valence-electron chi connectivity index (χ2n) is 4.71. The van der Waals surface area contributed by atoms with Crippen molar-refractivity contribution in [2.45, 2.75) is 13.8 Å². The van der Waals surface area contributed by atoms with Gasteiger partial charge in [0.05, 0.1) is 22.8 Å². The van der Waals surface area contributed by atoms with Crippen LogP contribution in [0.1, 0.15) is 16.7 Å². The van der Waals surface area contributed by atoms with Crippen molar-refractivity contribution in [2.24, 2.45) is 0 Å². The summed E-state index contributed by atoms with van der Waals surface area (Å²) in [7, 11) is 0. The van der Waals surface area contributed by atoms with Gasteiger partial charge in [-0.05, 0) is 55.4 Å². The van der Waals surface area contributed by atoms with Gasteiger partial charge in [0, 0.05) is 6.20 Å². The van der Waals surface area contributed by atoms with Crippen LogP contribution in [0.4, 0.5) is 0 Å². The number of hydrogen-bond acceptors (Lipinski definition) is 3. The molecule has 20 heavy (non-hydrogen) atoms. The maximum absolute atomic E-state index is 9.07. The molecule has 2 heterocycles. The van der Waals surface area contributed by atoms with Crippen molar-refractivity contribution in [3.05, 3.63) is 51.9 Å². The van der Waals surface area contributed by atoms with Gasteiger partial charge in [0.15, 0.2) is 10.4 Å². The molecule has 0 saturated heterocycles. The molecule has 0 saturated carbocycles. The molecule has 98 valence electrons. The molecule has 0 spiro atoms. The summed E-state index contributed by atoms with van der Waals surface area (Å²) in [6.45, 7) is 4.01. The molecule has 0 fully saturated rings. The summed E-state index contributed by atoms with van der Waals surface area (Å²) in [5.74, 6) is 0. The van der Waals surface area contributed by atoms with E-state index in [1.807, 2.05) is 36.6 Å². The molecule has 1 N–H and O–H groups in total. The van der Waals surface area contributed by atoms with E-state index in [2.05, 4.69) is 16.0 Å². The molecule has 0 aliphatic heterocycles. The van der Waals surface area contributed by atoms with Gasteiger partial charge in [-0.2, -0.15) is 5.26 Å². The number of rotatable bonds is 1. The molecule has 0 unspecified atom stereocenters. The maximum Gasteiger partial charge on any atom is 0.184 e. The Balaban J connectivity index is 2.42. The average molecular weight is 280 g/mol. The van der Waals surface area contributed by atoms with E-state index in [1.54, 1.807) is 12.3 Å². The quantitative estimate of drug-likeness (QED) is 0.693. The maximum atomic E-state index is 9.07. The molecule has 3 rings (SSSR count). The summed E-state index contributed by atoms with van der Waals surface area (Å²) in [5, 5.41) is 9.07. The molecule has 0 radical (unpaired) electrons. The Labute approximate surface area is 121 Å². The topological polar surface area (TPSA) is 57.4 Å². The van der Waals surface area contributed by atoms with Crippen LogP contribution in [-0.2, 0) is 0 Å². The summed E-state index contributed by atoms with van der Waals surface area (Å²) in [6, 6.07) is 9.66. The van der Waals surface area contributed by atoms with E-state index in [-0.39, 0.29) is 0 Å². The molecular formula is C15H12N4S. The molecule has 0 amide bonds. The number of aromatic nitrogens is 3. The lowest BCUT2D eigenvalue weighted by Crippen LogP contribution is -1.99. The van der Waals surface area contributed by atoms with Crippen LogP contribution in [0.5, 0.6) is 0 Å². The minimum absolute atomic E-state index is 0.583. The third-order valence-electron chi connectivity index (χ3n) is 3.37. The van der Waals surface area contributed by atoms with Gasteiger partial charge in [0.25, 0.3) is 0 Å². The molecule has 0 atom stereocenters. The summed E-state index contributed by atoms with van der Waals surface area (Å²) >= 11 is 5.42. The Hall–Kier alpha value is -2.45. The first kappa shape index (κ1) is 12.6. The zero-order chi connectivity index (χ0) is 14.3. The molecule has 3 aromatic rings. The van der Waals surface area contributed by atoms with Gasteiger partial charge in [0.2, 0.25) is 0 Å². The van der Waals surface area contributed by atoms with Crippen LogP contribution >= 0.6 is 12.2 Å². The number of hydrogen-bond donors (Lipinski definition) is 1. The first-order valence-corrected chi connectivity index (χ1v) is 6.60. The van der Waals surface area contributed by atoms with Gasteiger partial charge < -0.3 is 4.98 Å². The molecular weight excluding hydrogens is 268 g/mol. The highest BCUT2D eigenvalue weighted by Gasteiger charge is 2.11. The van der Waals surface area contributed by atoms with Crippen molar-refractivity contribution < 1.29 is 0 Å². The first-order valence-electron chi connectivity index (χ1n) is 6.19. The van der Waals surface area contributed by atoms with Crippen molar-refractivity contribution in [2.75, 3.05) is 0 Å². The Morgan fingerprint density at radius 1 is 1.25 bits per heavy atom. The Morgan fingerprint density at radius 3 is 2.80 bits per heavy atom. The van der Waals surface area contributed by atoms with Gasteiger partial charge in [-0.15, -0.1) is 0 Å². The second-order valence-corrected chi connectivity index (χ2v) is 5.09. The van der Waals surface area contributed by atoms with Gasteiger partial charge in [0.1, 0.15) is 0 Å². The zero-order valence-electron chi connectivity index (χ0n) is 11.1. The fraction of sp³-hybridized carbons (Fsp3) is 0.133. The van der Waals surface area contributed by atoms with E-state index >= 15 is 0 Å². The average Bonchev–Trinajstić information content (AvgIpc) is 2.77. The number of imidazole rings is 1. The first-order chi connectivity index (χ1) is 9.61. The van der Waals surface area contributed by atoms with E-state index in [9.17, 15) is 0 Å². The minimum atomic E-state index is 0.583. The lowest BCUT2D eigenvalue weighted by Gasteiger charge is -2.08. The van der Waals surface area contributed by atoms with Crippen molar-refractivity contribution in [3.63, 3.8) is 0 Å². The largest absolute Gasteiger partial charge is 0.329 e. The van der Waals surface area contributed by atoms with E-state index in [0.717, 1.165) is 28.0 Å². The molecule has 0 aliphatic carbocycles. The normalized spacial score (nSPS) is 10.7. The number of nitrogens with one attached hydrogen (secondary N) is 1. The fourth-order valence-electron chi connectivity index (χ4n) is 2.27. The third kappa shape index (κ3) is 1.82. The van der Waals surface area contributed by atoms with Crippen LogP contribution in [0.25, 0.3) is 16.9 Å². The molecule has 1 aromatic carbocycles. The van der Waals surface area contributed by atoms with E-state index in [1.165, 1.54) is 0 Å². The number of benzene rings is 1. The second kappa shape index (κ2) is 4.58. The predicted molar refractivity (Wildman–Crippen MR) is 80.4 cm³/mol. The van der Waals surface area contributed by atoms with Crippen molar-refractivity contribution >= 4 is 23.4 Å². The summed E-state index contributed by atoms with van der Waals surface area (Å²) in [5.41, 5.74) is 5.35. The monoisotopic (exact) mass is 280 g/mol. The van der Waals surface area contributed by atoms with Gasteiger partial charge in [-0.1, -0.05) is 6.07 Å². The highest BCUT2D eigenvalue weighted by molar-refractivity contribution is 7.71. The zero-order valence-corrected chi connectivity index (χ0v) is 12.0. The van der Waals surface area contributed by atoms with Crippen LogP contribution in [0.3, 0.4) is 0 Å². The van der Waals surface area contributed by atoms with Gasteiger partial charge >= 0.3 is 0 Å². The molecule has 0 aliphatic rings. The van der Waals surface area contributed by atoms with Crippen LogP contribution in [0.15, 0.2) is 30.5 Å². The number of pyridine rings is 1. The van der Waals surface area contributed by atoms with E-state index in [4.69, 9.17) is 17.5 Å². The summed E-state index contributed by atoms with van der Waals surface area (Å²) in [6.07, 6.45) is 1.76. The number of aromatic amines is 1. The predicted octanol–water partition coefficient (Wildman–Crippen LogP) is 3.57. The molecule has 0 bridgehead atoms. The SMILES string of the molecule is Cc1ccc(C#N)cc1-n1c(=S)[nH]c2c(C)ccnc21. The summed E-state index contributed by atoms with van der Waals surface area (Å²) in [4.78, 5) is 7.61. The van der Waals surface area contributed by atoms with Gasteiger partial charge in [-0.25, -0.2) is 4.98 Å². The standard InChI is InChI=1S/C15H12N4S/c1-9-3-4-11(8-16)7-12(9)19-14-13(18-15(19)20)10(2)5-6-17-14/h3-7H,1-2H3,(H,18,20). The van der Waals surface area contributed by atoms with Crippen LogP contribution in [-0.4, -0.2) is 14.5 Å². The smallest absolute Gasteiger partial charge is 0.184 e. The fourth-order valence-corrected chi connectivity index (χ4v) is 2.56. The van der Waals surface area contributed by atoms with Gasteiger partial charge in [-0.3, -0.25) is 4.57 Å². The summed E-state index contributed by atoms with van der Waals surface area (Å²) < 4.78 is 2.47. The molecule has 2 aromatic heterocycles. The van der Waals surface area contributed by atoms with Crippen molar-refractivity contribution in [1.29, 1.82) is 5.26 Å². The Kier molecular flexibility index (Phi) is 2.88. The highest BCUT2D eigenvalue weighted by atomic mass is 32.1. The third-order valence-corrected chi connectivity index (χ3v) is 3.65. The number of fused-ring (bicyclic) bond motifs is 1.